The zero-order valence-corrected chi connectivity index (χ0v) is 11.6. The van der Waals surface area contributed by atoms with Crippen LogP contribution in [0.3, 0.4) is 0 Å². The molecule has 0 aliphatic heterocycles. The van der Waals surface area contributed by atoms with Crippen molar-refractivity contribution in [3.05, 3.63) is 34.4 Å². The number of halogens is 1. The van der Waals surface area contributed by atoms with Crippen LogP contribution >= 0.6 is 11.6 Å². The Morgan fingerprint density at radius 3 is 2.76 bits per heavy atom. The van der Waals surface area contributed by atoms with Crippen molar-refractivity contribution >= 4 is 17.7 Å². The van der Waals surface area contributed by atoms with Crippen molar-refractivity contribution in [1.29, 1.82) is 0 Å². The second-order valence-corrected chi connectivity index (χ2v) is 4.79. The van der Waals surface area contributed by atoms with Crippen molar-refractivity contribution in [1.82, 2.24) is 5.32 Å². The van der Waals surface area contributed by atoms with Gasteiger partial charge in [-0.25, -0.2) is 0 Å². The Labute approximate surface area is 109 Å². The van der Waals surface area contributed by atoms with Gasteiger partial charge in [0.1, 0.15) is 5.75 Å². The Morgan fingerprint density at radius 1 is 1.47 bits per heavy atom. The molecule has 2 nitrogen and oxygen atoms in total. The largest absolute Gasteiger partial charge is 0.496 e. The summed E-state index contributed by atoms with van der Waals surface area (Å²) >= 11 is 6.17. The third-order valence-electron chi connectivity index (χ3n) is 2.41. The van der Waals surface area contributed by atoms with Crippen molar-refractivity contribution < 1.29 is 4.74 Å². The Hall–Kier alpha value is -0.990. The minimum atomic E-state index is 0.478. The van der Waals surface area contributed by atoms with Gasteiger partial charge >= 0.3 is 0 Å². The summed E-state index contributed by atoms with van der Waals surface area (Å²) in [6.07, 6.45) is 2.07. The average molecular weight is 254 g/mol. The van der Waals surface area contributed by atoms with Gasteiger partial charge in [0.25, 0.3) is 0 Å². The monoisotopic (exact) mass is 253 g/mol. The molecule has 0 aromatic heterocycles. The van der Waals surface area contributed by atoms with Crippen molar-refractivity contribution in [3.63, 3.8) is 0 Å². The first-order valence-electron chi connectivity index (χ1n) is 5.77. The molecule has 0 heterocycles. The number of nitrogens with one attached hydrogen (secondary N) is 1. The third kappa shape index (κ3) is 4.41. The van der Waals surface area contributed by atoms with Crippen LogP contribution in [0.2, 0.25) is 5.02 Å². The molecule has 1 N–H and O–H groups in total. The van der Waals surface area contributed by atoms with E-state index < -0.39 is 0 Å². The summed E-state index contributed by atoms with van der Waals surface area (Å²) < 4.78 is 5.30. The molecule has 0 bridgehead atoms. The highest BCUT2D eigenvalue weighted by Crippen LogP contribution is 2.28. The zero-order chi connectivity index (χ0) is 12.8. The molecule has 3 heteroatoms. The van der Waals surface area contributed by atoms with Crippen LogP contribution in [0.15, 0.2) is 23.8 Å². The van der Waals surface area contributed by atoms with Gasteiger partial charge < -0.3 is 10.1 Å². The average Bonchev–Trinajstić information content (AvgIpc) is 2.29. The van der Waals surface area contributed by atoms with Gasteiger partial charge in [-0.3, -0.25) is 0 Å². The molecule has 0 radical (unpaired) electrons. The molecule has 0 atom stereocenters. The summed E-state index contributed by atoms with van der Waals surface area (Å²) in [6, 6.07) is 6.16. The quantitative estimate of drug-likeness (QED) is 0.863. The smallest absolute Gasteiger partial charge is 0.127 e. The zero-order valence-electron chi connectivity index (χ0n) is 10.9. The Kier molecular flexibility index (Phi) is 5.52. The SMILES string of the molecule is COc1cccc(Cl)c1/C=C(/C)CNC(C)C. The van der Waals surface area contributed by atoms with Gasteiger partial charge in [-0.2, -0.15) is 0 Å². The fourth-order valence-corrected chi connectivity index (χ4v) is 1.72. The van der Waals surface area contributed by atoms with Gasteiger partial charge in [-0.1, -0.05) is 37.1 Å². The summed E-state index contributed by atoms with van der Waals surface area (Å²) in [5.41, 5.74) is 2.17. The van der Waals surface area contributed by atoms with E-state index in [0.29, 0.717) is 11.1 Å². The third-order valence-corrected chi connectivity index (χ3v) is 2.74. The topological polar surface area (TPSA) is 21.3 Å². The van der Waals surface area contributed by atoms with Crippen molar-refractivity contribution in [2.24, 2.45) is 0 Å². The molecule has 1 aromatic carbocycles. The molecule has 0 saturated carbocycles. The van der Waals surface area contributed by atoms with E-state index >= 15 is 0 Å². The first kappa shape index (κ1) is 14.1. The number of rotatable bonds is 5. The minimum absolute atomic E-state index is 0.478. The highest BCUT2D eigenvalue weighted by molar-refractivity contribution is 6.32. The molecule has 17 heavy (non-hydrogen) atoms. The molecule has 0 aliphatic rings. The predicted octanol–water partition coefficient (Wildman–Crippen LogP) is 3.75. The second kappa shape index (κ2) is 6.67. The molecular formula is C14H20ClNO. The molecule has 0 saturated heterocycles. The van der Waals surface area contributed by atoms with Crippen LogP contribution in [0, 0.1) is 0 Å². The fraction of sp³-hybridized carbons (Fsp3) is 0.429. The van der Waals surface area contributed by atoms with E-state index in [1.807, 2.05) is 18.2 Å². The van der Waals surface area contributed by atoms with E-state index in [1.54, 1.807) is 7.11 Å². The van der Waals surface area contributed by atoms with Crippen LogP contribution in [-0.2, 0) is 0 Å². The standard InChI is InChI=1S/C14H20ClNO/c1-10(2)16-9-11(3)8-12-13(15)6-5-7-14(12)17-4/h5-8,10,16H,9H2,1-4H3/b11-8-. The van der Waals surface area contributed by atoms with Gasteiger partial charge in [0.15, 0.2) is 0 Å². The normalized spacial score (nSPS) is 12.0. The lowest BCUT2D eigenvalue weighted by atomic mass is 10.1. The van der Waals surface area contributed by atoms with E-state index in [4.69, 9.17) is 16.3 Å². The Balaban J connectivity index is 2.88. The van der Waals surface area contributed by atoms with Crippen LogP contribution in [0.5, 0.6) is 5.75 Å². The minimum Gasteiger partial charge on any atom is -0.496 e. The van der Waals surface area contributed by atoms with Crippen molar-refractivity contribution in [3.8, 4) is 5.75 Å². The highest BCUT2D eigenvalue weighted by atomic mass is 35.5. The number of hydrogen-bond donors (Lipinski definition) is 1. The van der Waals surface area contributed by atoms with Crippen LogP contribution < -0.4 is 10.1 Å². The van der Waals surface area contributed by atoms with Crippen LogP contribution in [0.25, 0.3) is 6.08 Å². The van der Waals surface area contributed by atoms with Crippen LogP contribution in [-0.4, -0.2) is 19.7 Å². The number of ether oxygens (including phenoxy) is 1. The maximum absolute atomic E-state index is 6.17. The lowest BCUT2D eigenvalue weighted by Crippen LogP contribution is -2.24. The number of hydrogen-bond acceptors (Lipinski definition) is 2. The maximum Gasteiger partial charge on any atom is 0.127 e. The molecule has 0 aliphatic carbocycles. The summed E-state index contributed by atoms with van der Waals surface area (Å²) in [5.74, 6) is 0.807. The fourth-order valence-electron chi connectivity index (χ4n) is 1.50. The Morgan fingerprint density at radius 2 is 2.18 bits per heavy atom. The predicted molar refractivity (Wildman–Crippen MR) is 74.8 cm³/mol. The van der Waals surface area contributed by atoms with Gasteiger partial charge in [0.05, 0.1) is 12.1 Å². The van der Waals surface area contributed by atoms with Gasteiger partial charge in [-0.15, -0.1) is 0 Å². The van der Waals surface area contributed by atoms with Gasteiger partial charge in [0, 0.05) is 18.2 Å². The van der Waals surface area contributed by atoms with E-state index in [9.17, 15) is 0 Å². The van der Waals surface area contributed by atoms with Crippen molar-refractivity contribution in [2.45, 2.75) is 26.8 Å². The van der Waals surface area contributed by atoms with E-state index in [0.717, 1.165) is 17.9 Å². The first-order chi connectivity index (χ1) is 8.04. The maximum atomic E-state index is 6.17. The van der Waals surface area contributed by atoms with Gasteiger partial charge in [-0.05, 0) is 25.1 Å². The number of methoxy groups -OCH3 is 1. The second-order valence-electron chi connectivity index (χ2n) is 4.38. The first-order valence-corrected chi connectivity index (χ1v) is 6.15. The molecule has 0 unspecified atom stereocenters. The van der Waals surface area contributed by atoms with Crippen LogP contribution in [0.1, 0.15) is 26.3 Å². The van der Waals surface area contributed by atoms with Crippen molar-refractivity contribution in [2.75, 3.05) is 13.7 Å². The molecule has 1 rings (SSSR count). The highest BCUT2D eigenvalue weighted by Gasteiger charge is 2.05. The lowest BCUT2D eigenvalue weighted by molar-refractivity contribution is 0.414. The lowest BCUT2D eigenvalue weighted by Gasteiger charge is -2.10. The van der Waals surface area contributed by atoms with Crippen LogP contribution in [0.4, 0.5) is 0 Å². The summed E-state index contributed by atoms with van der Waals surface area (Å²) in [7, 11) is 1.66. The molecular weight excluding hydrogens is 234 g/mol. The molecule has 0 spiro atoms. The van der Waals surface area contributed by atoms with E-state index in [1.165, 1.54) is 5.57 Å². The van der Waals surface area contributed by atoms with E-state index in [-0.39, 0.29) is 0 Å². The molecule has 94 valence electrons. The summed E-state index contributed by atoms with van der Waals surface area (Å²) in [5, 5.41) is 4.09. The molecule has 1 aromatic rings. The summed E-state index contributed by atoms with van der Waals surface area (Å²) in [6.45, 7) is 7.19. The van der Waals surface area contributed by atoms with E-state index in [2.05, 4.69) is 32.2 Å². The number of benzene rings is 1. The molecule has 0 fully saturated rings. The Bertz CT molecular complexity index is 399. The molecule has 0 amide bonds. The van der Waals surface area contributed by atoms with Gasteiger partial charge in [0.2, 0.25) is 0 Å². The summed E-state index contributed by atoms with van der Waals surface area (Å²) in [4.78, 5) is 0.